The molecule has 0 bridgehead atoms. The van der Waals surface area contributed by atoms with Crippen LogP contribution in [0.3, 0.4) is 0 Å². The first-order valence-electron chi connectivity index (χ1n) is 9.08. The zero-order valence-corrected chi connectivity index (χ0v) is 15.5. The molecule has 1 aliphatic rings. The van der Waals surface area contributed by atoms with E-state index in [0.717, 1.165) is 44.7 Å². The minimum atomic E-state index is -0.0783. The van der Waals surface area contributed by atoms with E-state index in [1.54, 1.807) is 0 Å². The molecule has 134 valence electrons. The number of carbonyl (C=O) groups excluding carboxylic acids is 1. The van der Waals surface area contributed by atoms with E-state index in [9.17, 15) is 4.79 Å². The molecule has 1 saturated heterocycles. The number of nitrogens with zero attached hydrogens (tertiary/aromatic N) is 4. The van der Waals surface area contributed by atoms with Crippen molar-refractivity contribution >= 4 is 5.91 Å². The number of amides is 1. The third kappa shape index (κ3) is 4.48. The fourth-order valence-corrected chi connectivity index (χ4v) is 3.43. The molecule has 0 aliphatic carbocycles. The molecule has 1 aromatic carbocycles. The van der Waals surface area contributed by atoms with E-state index in [1.165, 1.54) is 11.1 Å². The van der Waals surface area contributed by atoms with Crippen LogP contribution in [0, 0.1) is 6.92 Å². The van der Waals surface area contributed by atoms with Gasteiger partial charge < -0.3 is 4.90 Å². The summed E-state index contributed by atoms with van der Waals surface area (Å²) in [6, 6.07) is 8.31. The van der Waals surface area contributed by atoms with Gasteiger partial charge in [-0.15, -0.1) is 0 Å². The zero-order valence-electron chi connectivity index (χ0n) is 15.5. The molecule has 0 radical (unpaired) electrons. The molecule has 2 aromatic rings. The summed E-state index contributed by atoms with van der Waals surface area (Å²) in [6.45, 7) is 8.59. The first kappa shape index (κ1) is 17.7. The monoisotopic (exact) mass is 340 g/mol. The predicted octanol–water partition coefficient (Wildman–Crippen LogP) is 2.57. The molecular weight excluding hydrogens is 312 g/mol. The summed E-state index contributed by atoms with van der Waals surface area (Å²) < 4.78 is 1.84. The number of aryl methyl sites for hydroxylation is 2. The van der Waals surface area contributed by atoms with Gasteiger partial charge in [0.05, 0.1) is 12.1 Å². The maximum Gasteiger partial charge on any atom is 0.229 e. The molecule has 5 nitrogen and oxygen atoms in total. The van der Waals surface area contributed by atoms with E-state index in [4.69, 9.17) is 0 Å². The Kier molecular flexibility index (Phi) is 5.53. The second-order valence-electron chi connectivity index (χ2n) is 7.11. The lowest BCUT2D eigenvalue weighted by Crippen LogP contribution is -2.37. The van der Waals surface area contributed by atoms with E-state index >= 15 is 0 Å². The first-order chi connectivity index (χ1) is 12.0. The Balaban J connectivity index is 1.58. The number of hydrogen-bond acceptors (Lipinski definition) is 3. The summed E-state index contributed by atoms with van der Waals surface area (Å²) in [6.07, 6.45) is 5.01. The molecule has 1 fully saturated rings. The number of hydrogen-bond donors (Lipinski definition) is 0. The van der Waals surface area contributed by atoms with Crippen LogP contribution < -0.4 is 0 Å². The fourth-order valence-electron chi connectivity index (χ4n) is 3.43. The third-order valence-corrected chi connectivity index (χ3v) is 5.01. The highest BCUT2D eigenvalue weighted by atomic mass is 16.2. The molecule has 1 aliphatic heterocycles. The van der Waals surface area contributed by atoms with Crippen molar-refractivity contribution in [2.45, 2.75) is 32.7 Å². The van der Waals surface area contributed by atoms with E-state index in [-0.39, 0.29) is 11.8 Å². The average molecular weight is 340 g/mol. The molecule has 1 atom stereocenters. The van der Waals surface area contributed by atoms with Gasteiger partial charge in [0, 0.05) is 51.5 Å². The van der Waals surface area contributed by atoms with Crippen LogP contribution in [-0.2, 0) is 18.4 Å². The molecule has 3 rings (SSSR count). The van der Waals surface area contributed by atoms with Crippen LogP contribution in [0.1, 0.15) is 36.0 Å². The molecule has 0 spiro atoms. The van der Waals surface area contributed by atoms with Crippen LogP contribution in [0.4, 0.5) is 0 Å². The molecule has 0 unspecified atom stereocenters. The maximum absolute atomic E-state index is 12.9. The van der Waals surface area contributed by atoms with Gasteiger partial charge in [-0.1, -0.05) is 29.8 Å². The summed E-state index contributed by atoms with van der Waals surface area (Å²) in [7, 11) is 1.94. The Morgan fingerprint density at radius 2 is 1.92 bits per heavy atom. The van der Waals surface area contributed by atoms with Crippen LogP contribution in [0.2, 0.25) is 0 Å². The Bertz CT molecular complexity index is 707. The lowest BCUT2D eigenvalue weighted by Gasteiger charge is -2.25. The van der Waals surface area contributed by atoms with Crippen molar-refractivity contribution in [3.63, 3.8) is 0 Å². The summed E-state index contributed by atoms with van der Waals surface area (Å²) in [5.41, 5.74) is 3.56. The van der Waals surface area contributed by atoms with E-state index in [1.807, 2.05) is 29.7 Å². The van der Waals surface area contributed by atoms with Crippen LogP contribution in [0.15, 0.2) is 36.7 Å². The van der Waals surface area contributed by atoms with E-state index in [2.05, 4.69) is 47.4 Å². The van der Waals surface area contributed by atoms with Gasteiger partial charge in [-0.3, -0.25) is 14.4 Å². The molecule has 0 saturated carbocycles. The van der Waals surface area contributed by atoms with Crippen molar-refractivity contribution in [3.05, 3.63) is 53.3 Å². The van der Waals surface area contributed by atoms with Crippen molar-refractivity contribution in [1.29, 1.82) is 0 Å². The highest BCUT2D eigenvalue weighted by molar-refractivity contribution is 5.83. The molecule has 1 amide bonds. The lowest BCUT2D eigenvalue weighted by molar-refractivity contribution is -0.132. The first-order valence-corrected chi connectivity index (χ1v) is 9.08. The van der Waals surface area contributed by atoms with Gasteiger partial charge >= 0.3 is 0 Å². The molecule has 1 aromatic heterocycles. The van der Waals surface area contributed by atoms with Gasteiger partial charge in [-0.2, -0.15) is 5.10 Å². The predicted molar refractivity (Wildman–Crippen MR) is 99.3 cm³/mol. The summed E-state index contributed by atoms with van der Waals surface area (Å²) in [5.74, 6) is 0.164. The van der Waals surface area contributed by atoms with E-state index in [0.29, 0.717) is 0 Å². The standard InChI is InChI=1S/C20H28N4O/c1-16-5-7-19(8-6-16)17(2)20(25)24-10-4-9-23(11-12-24)15-18-13-21-22(3)14-18/h5-8,13-14,17H,4,9-12,15H2,1-3H3/t17-/m0/s1. The Morgan fingerprint density at radius 3 is 2.60 bits per heavy atom. The minimum absolute atomic E-state index is 0.0783. The summed E-state index contributed by atoms with van der Waals surface area (Å²) in [5, 5.41) is 4.24. The van der Waals surface area contributed by atoms with Crippen molar-refractivity contribution in [1.82, 2.24) is 19.6 Å². The number of carbonyl (C=O) groups is 1. The topological polar surface area (TPSA) is 41.4 Å². The average Bonchev–Trinajstić information content (AvgIpc) is 2.87. The highest BCUT2D eigenvalue weighted by Crippen LogP contribution is 2.20. The number of benzene rings is 1. The molecule has 25 heavy (non-hydrogen) atoms. The Morgan fingerprint density at radius 1 is 1.16 bits per heavy atom. The smallest absolute Gasteiger partial charge is 0.229 e. The van der Waals surface area contributed by atoms with Crippen LogP contribution in [0.5, 0.6) is 0 Å². The van der Waals surface area contributed by atoms with Gasteiger partial charge in [-0.05, 0) is 25.8 Å². The van der Waals surface area contributed by atoms with Gasteiger partial charge in [0.25, 0.3) is 0 Å². The lowest BCUT2D eigenvalue weighted by atomic mass is 9.98. The zero-order chi connectivity index (χ0) is 17.8. The van der Waals surface area contributed by atoms with Crippen molar-refractivity contribution < 1.29 is 4.79 Å². The number of rotatable bonds is 4. The highest BCUT2D eigenvalue weighted by Gasteiger charge is 2.24. The normalized spacial score (nSPS) is 17.3. The number of aromatic nitrogens is 2. The van der Waals surface area contributed by atoms with Crippen LogP contribution in [-0.4, -0.2) is 51.7 Å². The SMILES string of the molecule is Cc1ccc([C@H](C)C(=O)N2CCCN(Cc3cnn(C)c3)CC2)cc1. The summed E-state index contributed by atoms with van der Waals surface area (Å²) >= 11 is 0. The van der Waals surface area contributed by atoms with Gasteiger partial charge in [-0.25, -0.2) is 0 Å². The second-order valence-corrected chi connectivity index (χ2v) is 7.11. The van der Waals surface area contributed by atoms with Gasteiger partial charge in [0.2, 0.25) is 5.91 Å². The van der Waals surface area contributed by atoms with Crippen molar-refractivity contribution in [2.24, 2.45) is 7.05 Å². The quantitative estimate of drug-likeness (QED) is 0.859. The Labute approximate surface area is 150 Å². The molecule has 2 heterocycles. The molecule has 5 heteroatoms. The maximum atomic E-state index is 12.9. The van der Waals surface area contributed by atoms with Crippen molar-refractivity contribution in [2.75, 3.05) is 26.2 Å². The van der Waals surface area contributed by atoms with Gasteiger partial charge in [0.1, 0.15) is 0 Å². The second kappa shape index (κ2) is 7.83. The molecule has 0 N–H and O–H groups in total. The van der Waals surface area contributed by atoms with Crippen LogP contribution >= 0.6 is 0 Å². The minimum Gasteiger partial charge on any atom is -0.341 e. The molecular formula is C20H28N4O. The van der Waals surface area contributed by atoms with Crippen molar-refractivity contribution in [3.8, 4) is 0 Å². The third-order valence-electron chi connectivity index (χ3n) is 5.01. The van der Waals surface area contributed by atoms with E-state index < -0.39 is 0 Å². The summed E-state index contributed by atoms with van der Waals surface area (Å²) in [4.78, 5) is 17.4. The Hall–Kier alpha value is -2.14. The van der Waals surface area contributed by atoms with Crippen LogP contribution in [0.25, 0.3) is 0 Å². The van der Waals surface area contributed by atoms with Gasteiger partial charge in [0.15, 0.2) is 0 Å². The largest absolute Gasteiger partial charge is 0.341 e. The fraction of sp³-hybridized carbons (Fsp3) is 0.500.